The predicted octanol–water partition coefficient (Wildman–Crippen LogP) is 3.56. The minimum Gasteiger partial charge on any atom is -0.492 e. The molecule has 3 heterocycles. The van der Waals surface area contributed by atoms with Gasteiger partial charge in [0.05, 0.1) is 18.6 Å². The second-order valence-corrected chi connectivity index (χ2v) is 8.42. The summed E-state index contributed by atoms with van der Waals surface area (Å²) in [5.41, 5.74) is 2.39. The van der Waals surface area contributed by atoms with Crippen molar-refractivity contribution >= 4 is 27.3 Å². The van der Waals surface area contributed by atoms with E-state index < -0.39 is 0 Å². The zero-order chi connectivity index (χ0) is 22.1. The van der Waals surface area contributed by atoms with Gasteiger partial charge in [-0.1, -0.05) is 49.4 Å². The highest BCUT2D eigenvalue weighted by molar-refractivity contribution is 7.17. The minimum atomic E-state index is -0.282. The number of para-hydroxylation sites is 1. The van der Waals surface area contributed by atoms with Gasteiger partial charge in [0.2, 0.25) is 5.78 Å². The fourth-order valence-electron chi connectivity index (χ4n) is 3.75. The number of aryl methyl sites for hydroxylation is 1. The largest absolute Gasteiger partial charge is 0.492 e. The third kappa shape index (κ3) is 3.62. The van der Waals surface area contributed by atoms with E-state index >= 15 is 0 Å². The average Bonchev–Trinajstić information content (AvgIpc) is 3.43. The van der Waals surface area contributed by atoms with Gasteiger partial charge in [0.1, 0.15) is 17.1 Å². The highest BCUT2D eigenvalue weighted by atomic mass is 32.1. The van der Waals surface area contributed by atoms with Gasteiger partial charge < -0.3 is 4.74 Å². The van der Waals surface area contributed by atoms with E-state index in [-0.39, 0.29) is 17.8 Å². The standard InChI is InChI=1S/C24H22N4O3S/c1-2-17-8-10-18(11-9-17)16-26-22(29)21-20(12-15-32-21)28-23(26)25-27(24(28)30)13-14-31-19-6-4-3-5-7-19/h3-12,15H,2,13-14,16H2,1H3. The average molecular weight is 447 g/mol. The first-order chi connectivity index (χ1) is 15.7. The topological polar surface area (TPSA) is 70.5 Å². The molecule has 0 aliphatic rings. The molecule has 0 bridgehead atoms. The Morgan fingerprint density at radius 1 is 0.969 bits per heavy atom. The number of thiophene rings is 1. The van der Waals surface area contributed by atoms with Crippen molar-refractivity contribution in [1.29, 1.82) is 0 Å². The Morgan fingerprint density at radius 3 is 2.47 bits per heavy atom. The molecular formula is C24H22N4O3S. The van der Waals surface area contributed by atoms with E-state index in [1.807, 2.05) is 47.8 Å². The van der Waals surface area contributed by atoms with Gasteiger partial charge in [0.25, 0.3) is 5.56 Å². The molecule has 5 aromatic rings. The Hall–Kier alpha value is -3.65. The van der Waals surface area contributed by atoms with E-state index in [1.165, 1.54) is 26.0 Å². The van der Waals surface area contributed by atoms with Gasteiger partial charge in [-0.3, -0.25) is 9.36 Å². The van der Waals surface area contributed by atoms with Crippen molar-refractivity contribution in [2.45, 2.75) is 26.4 Å². The van der Waals surface area contributed by atoms with Crippen LogP contribution >= 0.6 is 11.3 Å². The molecule has 0 fully saturated rings. The van der Waals surface area contributed by atoms with E-state index in [4.69, 9.17) is 4.74 Å². The summed E-state index contributed by atoms with van der Waals surface area (Å²) in [4.78, 5) is 26.4. The number of fused-ring (bicyclic) bond motifs is 3. The van der Waals surface area contributed by atoms with E-state index in [0.717, 1.165) is 17.7 Å². The number of hydrogen-bond donors (Lipinski definition) is 0. The maximum atomic E-state index is 13.2. The third-order valence-corrected chi connectivity index (χ3v) is 6.37. The summed E-state index contributed by atoms with van der Waals surface area (Å²) < 4.78 is 10.7. The van der Waals surface area contributed by atoms with E-state index in [9.17, 15) is 9.59 Å². The lowest BCUT2D eigenvalue weighted by Gasteiger charge is -2.08. The molecule has 7 nitrogen and oxygen atoms in total. The number of benzene rings is 2. The number of rotatable bonds is 7. The molecule has 32 heavy (non-hydrogen) atoms. The molecule has 8 heteroatoms. The molecule has 0 amide bonds. The summed E-state index contributed by atoms with van der Waals surface area (Å²) >= 11 is 1.34. The van der Waals surface area contributed by atoms with Crippen molar-refractivity contribution < 1.29 is 4.74 Å². The SMILES string of the molecule is CCc1ccc(Cn2c(=O)c3sccc3n3c(=O)n(CCOc4ccccc4)nc23)cc1. The molecule has 0 aliphatic carbocycles. The first-order valence-electron chi connectivity index (χ1n) is 10.5. The highest BCUT2D eigenvalue weighted by Crippen LogP contribution is 2.18. The zero-order valence-corrected chi connectivity index (χ0v) is 18.4. The fourth-order valence-corrected chi connectivity index (χ4v) is 4.58. The normalized spacial score (nSPS) is 11.4. The predicted molar refractivity (Wildman–Crippen MR) is 126 cm³/mol. The van der Waals surface area contributed by atoms with Crippen LogP contribution in [-0.2, 0) is 19.5 Å². The van der Waals surface area contributed by atoms with E-state index in [2.05, 4.69) is 24.2 Å². The Kier molecular flexibility index (Phi) is 5.36. The van der Waals surface area contributed by atoms with Crippen LogP contribution in [0.1, 0.15) is 18.1 Å². The van der Waals surface area contributed by atoms with Crippen molar-refractivity contribution in [3.63, 3.8) is 0 Å². The molecule has 5 rings (SSSR count). The summed E-state index contributed by atoms with van der Waals surface area (Å²) in [5, 5.41) is 6.35. The molecule has 0 unspecified atom stereocenters. The molecule has 3 aromatic heterocycles. The van der Waals surface area contributed by atoms with Gasteiger partial charge in [-0.2, -0.15) is 0 Å². The molecular weight excluding hydrogens is 424 g/mol. The summed E-state index contributed by atoms with van der Waals surface area (Å²) in [5.74, 6) is 1.07. The van der Waals surface area contributed by atoms with Crippen LogP contribution < -0.4 is 16.0 Å². The number of hydrogen-bond acceptors (Lipinski definition) is 5. The summed E-state index contributed by atoms with van der Waals surface area (Å²) in [6, 6.07) is 19.4. The van der Waals surface area contributed by atoms with Crippen molar-refractivity contribution in [3.05, 3.63) is 98.0 Å². The van der Waals surface area contributed by atoms with Crippen LogP contribution in [0.25, 0.3) is 16.0 Å². The van der Waals surface area contributed by atoms with Crippen LogP contribution in [-0.4, -0.2) is 25.4 Å². The smallest absolute Gasteiger partial charge is 0.352 e. The number of ether oxygens (including phenoxy) is 1. The lowest BCUT2D eigenvalue weighted by molar-refractivity contribution is 0.289. The molecule has 0 radical (unpaired) electrons. The molecule has 0 spiro atoms. The Labute approximate surface area is 187 Å². The van der Waals surface area contributed by atoms with E-state index in [0.29, 0.717) is 29.1 Å². The third-order valence-electron chi connectivity index (χ3n) is 5.48. The van der Waals surface area contributed by atoms with Crippen molar-refractivity contribution in [3.8, 4) is 5.75 Å². The summed E-state index contributed by atoms with van der Waals surface area (Å²) in [6.07, 6.45) is 0.955. The van der Waals surface area contributed by atoms with Gasteiger partial charge in [-0.25, -0.2) is 13.9 Å². The van der Waals surface area contributed by atoms with E-state index in [1.54, 1.807) is 10.6 Å². The number of aromatic nitrogens is 4. The number of nitrogens with zero attached hydrogens (tertiary/aromatic N) is 4. The minimum absolute atomic E-state index is 0.139. The van der Waals surface area contributed by atoms with Gasteiger partial charge in [0, 0.05) is 0 Å². The van der Waals surface area contributed by atoms with Crippen LogP contribution in [0.3, 0.4) is 0 Å². The maximum absolute atomic E-state index is 13.2. The zero-order valence-electron chi connectivity index (χ0n) is 17.6. The van der Waals surface area contributed by atoms with Crippen LogP contribution in [0.15, 0.2) is 75.6 Å². The Bertz CT molecular complexity index is 1490. The van der Waals surface area contributed by atoms with Crippen molar-refractivity contribution in [2.24, 2.45) is 0 Å². The van der Waals surface area contributed by atoms with Gasteiger partial charge in [-0.15, -0.1) is 16.4 Å². The molecule has 0 saturated carbocycles. The lowest BCUT2D eigenvalue weighted by atomic mass is 10.1. The monoisotopic (exact) mass is 446 g/mol. The lowest BCUT2D eigenvalue weighted by Crippen LogP contribution is -2.26. The van der Waals surface area contributed by atoms with Crippen LogP contribution in [0.2, 0.25) is 0 Å². The quantitative estimate of drug-likeness (QED) is 0.383. The fraction of sp³-hybridized carbons (Fsp3) is 0.208. The van der Waals surface area contributed by atoms with Gasteiger partial charge >= 0.3 is 5.69 Å². The van der Waals surface area contributed by atoms with Crippen LogP contribution in [0.5, 0.6) is 5.75 Å². The molecule has 2 aromatic carbocycles. The highest BCUT2D eigenvalue weighted by Gasteiger charge is 2.18. The van der Waals surface area contributed by atoms with Gasteiger partial charge in [0.15, 0.2) is 0 Å². The molecule has 0 aliphatic heterocycles. The Balaban J connectivity index is 1.55. The molecule has 0 saturated heterocycles. The first kappa shape index (κ1) is 20.3. The molecule has 0 N–H and O–H groups in total. The summed E-state index contributed by atoms with van der Waals surface area (Å²) in [6.45, 7) is 3.02. The molecule has 0 atom stereocenters. The molecule has 162 valence electrons. The first-order valence-corrected chi connectivity index (χ1v) is 11.4. The second-order valence-electron chi connectivity index (χ2n) is 7.50. The maximum Gasteiger partial charge on any atom is 0.352 e. The summed E-state index contributed by atoms with van der Waals surface area (Å²) in [7, 11) is 0. The second kappa shape index (κ2) is 8.47. The van der Waals surface area contributed by atoms with Crippen LogP contribution in [0.4, 0.5) is 0 Å². The van der Waals surface area contributed by atoms with Gasteiger partial charge in [-0.05, 0) is 41.1 Å². The van der Waals surface area contributed by atoms with Crippen molar-refractivity contribution in [2.75, 3.05) is 6.61 Å². The van der Waals surface area contributed by atoms with Crippen molar-refractivity contribution in [1.82, 2.24) is 18.7 Å². The van der Waals surface area contributed by atoms with Crippen LogP contribution in [0, 0.1) is 0 Å². The Morgan fingerprint density at radius 2 is 1.72 bits per heavy atom.